The molecule has 0 saturated carbocycles. The second-order valence-corrected chi connectivity index (χ2v) is 7.30. The summed E-state index contributed by atoms with van der Waals surface area (Å²) in [6.45, 7) is 19.4. The van der Waals surface area contributed by atoms with Gasteiger partial charge in [-0.25, -0.2) is 0 Å². The van der Waals surface area contributed by atoms with Crippen LogP contribution in [0, 0.1) is 5.92 Å². The van der Waals surface area contributed by atoms with Crippen LogP contribution >= 0.6 is 0 Å². The van der Waals surface area contributed by atoms with Crippen LogP contribution in [0.3, 0.4) is 0 Å². The van der Waals surface area contributed by atoms with E-state index in [0.29, 0.717) is 0 Å². The summed E-state index contributed by atoms with van der Waals surface area (Å²) in [5.74, 6) is 0.508. The molecule has 0 N–H and O–H groups in total. The summed E-state index contributed by atoms with van der Waals surface area (Å²) in [7, 11) is 0. The zero-order chi connectivity index (χ0) is 18.8. The maximum Gasteiger partial charge on any atom is 0.303 e. The van der Waals surface area contributed by atoms with Gasteiger partial charge in [-0.2, -0.15) is 0 Å². The number of ether oxygens (including phenoxy) is 1. The third kappa shape index (κ3) is 10.3. The van der Waals surface area contributed by atoms with E-state index in [1.807, 2.05) is 6.92 Å². The monoisotopic (exact) mass is 332 g/mol. The number of carbonyl (C=O) groups excluding carboxylic acids is 1. The van der Waals surface area contributed by atoms with Crippen LogP contribution in [-0.2, 0) is 9.53 Å². The largest absolute Gasteiger partial charge is 0.455 e. The fourth-order valence-corrected chi connectivity index (χ4v) is 2.58. The van der Waals surface area contributed by atoms with Crippen molar-refractivity contribution < 1.29 is 9.53 Å². The zero-order valence-corrected chi connectivity index (χ0v) is 16.6. The van der Waals surface area contributed by atoms with Crippen molar-refractivity contribution in [3.8, 4) is 0 Å². The molecule has 0 aromatic carbocycles. The number of esters is 1. The lowest BCUT2D eigenvalue weighted by Crippen LogP contribution is -2.27. The number of hydrogen-bond acceptors (Lipinski definition) is 2. The maximum absolute atomic E-state index is 10.8. The van der Waals surface area contributed by atoms with E-state index < -0.39 is 5.60 Å². The van der Waals surface area contributed by atoms with Crippen molar-refractivity contribution >= 4 is 5.97 Å². The summed E-state index contributed by atoms with van der Waals surface area (Å²) in [5.41, 5.74) is 3.65. The van der Waals surface area contributed by atoms with Crippen LogP contribution in [0.4, 0.5) is 0 Å². The minimum Gasteiger partial charge on any atom is -0.455 e. The van der Waals surface area contributed by atoms with Gasteiger partial charge in [0.1, 0.15) is 5.60 Å². The molecule has 0 fully saturated rings. The fourth-order valence-electron chi connectivity index (χ4n) is 2.58. The van der Waals surface area contributed by atoms with Crippen LogP contribution in [0.15, 0.2) is 48.1 Å². The molecule has 0 saturated heterocycles. The standard InChI is InChI=1S/C12H20O2.C10H16/c1-6-12(5,14-11(4)13)9-7-8-10(2)3;1-8(2)10-6-4-9(3)5-7-10/h6,8H,1,7,9H2,2-5H3;4,10H,1,5-7H2,2-3H3. The second-order valence-electron chi connectivity index (χ2n) is 7.30. The molecule has 2 nitrogen and oxygen atoms in total. The van der Waals surface area contributed by atoms with Gasteiger partial charge in [-0.05, 0) is 78.7 Å². The lowest BCUT2D eigenvalue weighted by molar-refractivity contribution is -0.151. The Morgan fingerprint density at radius 2 is 2.00 bits per heavy atom. The van der Waals surface area contributed by atoms with E-state index in [-0.39, 0.29) is 5.97 Å². The molecule has 1 aliphatic carbocycles. The van der Waals surface area contributed by atoms with Gasteiger partial charge in [0.05, 0.1) is 0 Å². The number of carbonyl (C=O) groups is 1. The first-order valence-corrected chi connectivity index (χ1v) is 8.87. The van der Waals surface area contributed by atoms with Gasteiger partial charge in [0, 0.05) is 6.92 Å². The van der Waals surface area contributed by atoms with Gasteiger partial charge in [-0.1, -0.05) is 42.0 Å². The highest BCUT2D eigenvalue weighted by Gasteiger charge is 2.22. The molecular formula is C22H36O2. The zero-order valence-electron chi connectivity index (χ0n) is 16.6. The molecule has 0 spiro atoms. The fraction of sp³-hybridized carbons (Fsp3) is 0.591. The van der Waals surface area contributed by atoms with Gasteiger partial charge in [-0.3, -0.25) is 4.79 Å². The predicted molar refractivity (Wildman–Crippen MR) is 105 cm³/mol. The Hall–Kier alpha value is -1.57. The summed E-state index contributed by atoms with van der Waals surface area (Å²) in [6, 6.07) is 0. The van der Waals surface area contributed by atoms with Crippen LogP contribution in [0.1, 0.15) is 73.6 Å². The highest BCUT2D eigenvalue weighted by molar-refractivity contribution is 5.66. The van der Waals surface area contributed by atoms with Crippen molar-refractivity contribution in [1.29, 1.82) is 0 Å². The van der Waals surface area contributed by atoms with E-state index in [1.165, 1.54) is 37.3 Å². The summed E-state index contributed by atoms with van der Waals surface area (Å²) in [4.78, 5) is 10.8. The molecular weight excluding hydrogens is 296 g/mol. The Labute approximate surface area is 149 Å². The van der Waals surface area contributed by atoms with Crippen molar-refractivity contribution in [2.24, 2.45) is 5.92 Å². The van der Waals surface area contributed by atoms with Crippen molar-refractivity contribution in [2.45, 2.75) is 79.2 Å². The molecule has 2 unspecified atom stereocenters. The van der Waals surface area contributed by atoms with E-state index in [1.54, 1.807) is 11.6 Å². The third-order valence-corrected chi connectivity index (χ3v) is 4.34. The SMILES string of the molecule is C=C(C)C1CC=C(C)CC1.C=CC(C)(CCC=C(C)C)OC(C)=O. The molecule has 136 valence electrons. The molecule has 24 heavy (non-hydrogen) atoms. The van der Waals surface area contributed by atoms with Gasteiger partial charge in [0.2, 0.25) is 0 Å². The summed E-state index contributed by atoms with van der Waals surface area (Å²) >= 11 is 0. The van der Waals surface area contributed by atoms with E-state index >= 15 is 0 Å². The maximum atomic E-state index is 10.8. The molecule has 0 aliphatic heterocycles. The second kappa shape index (κ2) is 11.1. The molecule has 2 heteroatoms. The van der Waals surface area contributed by atoms with E-state index in [2.05, 4.69) is 53.0 Å². The van der Waals surface area contributed by atoms with Crippen molar-refractivity contribution in [3.05, 3.63) is 48.1 Å². The minimum absolute atomic E-state index is 0.260. The van der Waals surface area contributed by atoms with Crippen molar-refractivity contribution in [3.63, 3.8) is 0 Å². The quantitative estimate of drug-likeness (QED) is 0.407. The lowest BCUT2D eigenvalue weighted by atomic mass is 9.86. The summed E-state index contributed by atoms with van der Waals surface area (Å²) in [6.07, 6.45) is 11.7. The molecule has 1 aliphatic rings. The molecule has 2 atom stereocenters. The van der Waals surface area contributed by atoms with Crippen LogP contribution in [0.5, 0.6) is 0 Å². The van der Waals surface area contributed by atoms with Gasteiger partial charge in [0.25, 0.3) is 0 Å². The van der Waals surface area contributed by atoms with Gasteiger partial charge >= 0.3 is 5.97 Å². The van der Waals surface area contributed by atoms with Gasteiger partial charge < -0.3 is 4.74 Å². The molecule has 0 bridgehead atoms. The van der Waals surface area contributed by atoms with Gasteiger partial charge in [-0.15, -0.1) is 0 Å². The number of hydrogen-bond donors (Lipinski definition) is 0. The van der Waals surface area contributed by atoms with Crippen LogP contribution in [0.25, 0.3) is 0 Å². The average molecular weight is 333 g/mol. The molecule has 0 heterocycles. The van der Waals surface area contributed by atoms with E-state index in [4.69, 9.17) is 4.74 Å². The summed E-state index contributed by atoms with van der Waals surface area (Å²) in [5, 5.41) is 0. The van der Waals surface area contributed by atoms with Crippen molar-refractivity contribution in [1.82, 2.24) is 0 Å². The first-order valence-electron chi connectivity index (χ1n) is 8.87. The molecule has 0 amide bonds. The van der Waals surface area contributed by atoms with E-state index in [9.17, 15) is 4.79 Å². The van der Waals surface area contributed by atoms with Gasteiger partial charge in [0.15, 0.2) is 0 Å². The van der Waals surface area contributed by atoms with Crippen LogP contribution in [0.2, 0.25) is 0 Å². The van der Waals surface area contributed by atoms with Crippen molar-refractivity contribution in [2.75, 3.05) is 0 Å². The smallest absolute Gasteiger partial charge is 0.303 e. The molecule has 0 aromatic heterocycles. The van der Waals surface area contributed by atoms with Crippen LogP contribution < -0.4 is 0 Å². The average Bonchev–Trinajstić information content (AvgIpc) is 2.47. The third-order valence-electron chi connectivity index (χ3n) is 4.34. The molecule has 0 radical (unpaired) electrons. The lowest BCUT2D eigenvalue weighted by Gasteiger charge is -2.24. The topological polar surface area (TPSA) is 26.3 Å². The highest BCUT2D eigenvalue weighted by Crippen LogP contribution is 2.27. The summed E-state index contributed by atoms with van der Waals surface area (Å²) < 4.78 is 5.18. The van der Waals surface area contributed by atoms with E-state index in [0.717, 1.165) is 18.8 Å². The first-order chi connectivity index (χ1) is 11.1. The van der Waals surface area contributed by atoms with Crippen LogP contribution in [-0.4, -0.2) is 11.6 Å². The molecule has 0 aromatic rings. The normalized spacial score (nSPS) is 18.9. The Morgan fingerprint density at radius 3 is 2.38 bits per heavy atom. The Balaban J connectivity index is 0.000000463. The number of allylic oxidation sites excluding steroid dienone is 5. The Bertz CT molecular complexity index is 492. The highest BCUT2D eigenvalue weighted by atomic mass is 16.6. The number of rotatable bonds is 6. The predicted octanol–water partition coefficient (Wildman–Crippen LogP) is 6.55. The molecule has 1 rings (SSSR count). The first kappa shape index (κ1) is 22.4. The minimum atomic E-state index is -0.530. The Kier molecular flexibility index (Phi) is 10.3. The Morgan fingerprint density at radius 1 is 1.38 bits per heavy atom.